The first-order chi connectivity index (χ1) is 6.36. The predicted molar refractivity (Wildman–Crippen MR) is 50.8 cm³/mol. The number of hydrogen-bond donors (Lipinski definition) is 1. The molecular weight excluding hydrogens is 162 g/mol. The molecule has 2 nitrogen and oxygen atoms in total. The van der Waals surface area contributed by atoms with Gasteiger partial charge in [-0.25, -0.2) is 0 Å². The lowest BCUT2D eigenvalue weighted by atomic mass is 9.84. The van der Waals surface area contributed by atoms with E-state index in [1.54, 1.807) is 0 Å². The van der Waals surface area contributed by atoms with Gasteiger partial charge in [0.15, 0.2) is 0 Å². The molecule has 1 aromatic rings. The number of benzene rings is 1. The molecule has 0 saturated carbocycles. The summed E-state index contributed by atoms with van der Waals surface area (Å²) in [5, 5.41) is 2.94. The highest BCUT2D eigenvalue weighted by Gasteiger charge is 2.34. The molecule has 2 aliphatic rings. The van der Waals surface area contributed by atoms with Gasteiger partial charge in [-0.2, -0.15) is 0 Å². The fourth-order valence-electron chi connectivity index (χ4n) is 2.47. The third-order valence-electron chi connectivity index (χ3n) is 3.06. The van der Waals surface area contributed by atoms with Gasteiger partial charge in [0.25, 0.3) is 0 Å². The summed E-state index contributed by atoms with van der Waals surface area (Å²) in [7, 11) is 0. The highest BCUT2D eigenvalue weighted by Crippen LogP contribution is 2.41. The molecule has 0 saturated heterocycles. The van der Waals surface area contributed by atoms with E-state index in [1.807, 2.05) is 12.1 Å². The maximum absolute atomic E-state index is 11.5. The van der Waals surface area contributed by atoms with Gasteiger partial charge in [0.1, 0.15) is 0 Å². The van der Waals surface area contributed by atoms with Crippen LogP contribution in [-0.2, 0) is 11.2 Å². The summed E-state index contributed by atoms with van der Waals surface area (Å²) in [5.41, 5.74) is 3.69. The number of carbonyl (C=O) groups excluding carboxylic acids is 1. The Morgan fingerprint density at radius 2 is 2.31 bits per heavy atom. The molecule has 0 bridgehead atoms. The molecule has 0 spiro atoms. The molecule has 13 heavy (non-hydrogen) atoms. The van der Waals surface area contributed by atoms with E-state index in [0.717, 1.165) is 24.9 Å². The summed E-state index contributed by atoms with van der Waals surface area (Å²) in [4.78, 5) is 11.5. The third kappa shape index (κ3) is 0.857. The Balaban J connectivity index is 2.25. The van der Waals surface area contributed by atoms with Crippen LogP contribution in [0.3, 0.4) is 0 Å². The van der Waals surface area contributed by atoms with Crippen molar-refractivity contribution in [3.8, 4) is 0 Å². The maximum Gasteiger partial charge on any atom is 0.232 e. The standard InChI is InChI=1S/C11H11NO/c13-11-8-5-1-3-7-4-2-6-9(12-11)10(7)8/h2,4,6,8H,1,3,5H2,(H,12,13)/t8-/m1/s1. The Morgan fingerprint density at radius 3 is 3.23 bits per heavy atom. The lowest BCUT2D eigenvalue weighted by Gasteiger charge is -2.18. The monoisotopic (exact) mass is 173 g/mol. The van der Waals surface area contributed by atoms with Crippen LogP contribution in [0.15, 0.2) is 18.2 Å². The molecule has 1 amide bonds. The predicted octanol–water partition coefficient (Wildman–Crippen LogP) is 2.06. The van der Waals surface area contributed by atoms with E-state index in [9.17, 15) is 4.79 Å². The van der Waals surface area contributed by atoms with E-state index in [4.69, 9.17) is 0 Å². The van der Waals surface area contributed by atoms with Crippen molar-refractivity contribution in [2.45, 2.75) is 25.2 Å². The van der Waals surface area contributed by atoms with Gasteiger partial charge >= 0.3 is 0 Å². The van der Waals surface area contributed by atoms with Crippen LogP contribution in [-0.4, -0.2) is 5.91 Å². The van der Waals surface area contributed by atoms with E-state index in [-0.39, 0.29) is 11.8 Å². The Hall–Kier alpha value is -1.31. The summed E-state index contributed by atoms with van der Waals surface area (Å²) < 4.78 is 0. The van der Waals surface area contributed by atoms with Crippen LogP contribution >= 0.6 is 0 Å². The second-order valence-corrected chi connectivity index (χ2v) is 3.81. The van der Waals surface area contributed by atoms with Crippen molar-refractivity contribution < 1.29 is 4.79 Å². The number of rotatable bonds is 0. The van der Waals surface area contributed by atoms with Gasteiger partial charge in [0, 0.05) is 5.69 Å². The van der Waals surface area contributed by atoms with Crippen molar-refractivity contribution in [3.05, 3.63) is 29.3 Å². The molecule has 1 aromatic carbocycles. The summed E-state index contributed by atoms with van der Waals surface area (Å²) in [6.45, 7) is 0. The topological polar surface area (TPSA) is 29.1 Å². The van der Waals surface area contributed by atoms with Crippen LogP contribution in [0.2, 0.25) is 0 Å². The van der Waals surface area contributed by atoms with Crippen molar-refractivity contribution in [1.29, 1.82) is 0 Å². The van der Waals surface area contributed by atoms with Crippen molar-refractivity contribution in [3.63, 3.8) is 0 Å². The fraction of sp³-hybridized carbons (Fsp3) is 0.364. The quantitative estimate of drug-likeness (QED) is 0.639. The van der Waals surface area contributed by atoms with Gasteiger partial charge < -0.3 is 5.32 Å². The first-order valence-electron chi connectivity index (χ1n) is 4.79. The smallest absolute Gasteiger partial charge is 0.232 e. The van der Waals surface area contributed by atoms with Crippen LogP contribution < -0.4 is 5.32 Å². The lowest BCUT2D eigenvalue weighted by Crippen LogP contribution is -2.15. The largest absolute Gasteiger partial charge is 0.325 e. The van der Waals surface area contributed by atoms with Crippen LogP contribution in [0.5, 0.6) is 0 Å². The van der Waals surface area contributed by atoms with E-state index >= 15 is 0 Å². The Labute approximate surface area is 77.0 Å². The van der Waals surface area contributed by atoms with Crippen molar-refractivity contribution in [2.24, 2.45) is 0 Å². The lowest BCUT2D eigenvalue weighted by molar-refractivity contribution is -0.117. The summed E-state index contributed by atoms with van der Waals surface area (Å²) in [6, 6.07) is 6.18. The van der Waals surface area contributed by atoms with E-state index < -0.39 is 0 Å². The molecule has 66 valence electrons. The molecule has 1 aliphatic carbocycles. The molecule has 0 aromatic heterocycles. The number of amides is 1. The number of hydrogen-bond acceptors (Lipinski definition) is 1. The zero-order valence-electron chi connectivity index (χ0n) is 7.34. The van der Waals surface area contributed by atoms with Gasteiger partial charge in [0.05, 0.1) is 5.92 Å². The highest BCUT2D eigenvalue weighted by atomic mass is 16.2. The van der Waals surface area contributed by atoms with Crippen molar-refractivity contribution in [2.75, 3.05) is 5.32 Å². The Bertz CT molecular complexity index is 384. The molecule has 1 N–H and O–H groups in total. The van der Waals surface area contributed by atoms with Crippen LogP contribution in [0, 0.1) is 0 Å². The summed E-state index contributed by atoms with van der Waals surface area (Å²) >= 11 is 0. The third-order valence-corrected chi connectivity index (χ3v) is 3.06. The first kappa shape index (κ1) is 7.13. The maximum atomic E-state index is 11.5. The highest BCUT2D eigenvalue weighted by molar-refractivity contribution is 6.03. The zero-order chi connectivity index (χ0) is 8.84. The fourth-order valence-corrected chi connectivity index (χ4v) is 2.47. The van der Waals surface area contributed by atoms with E-state index in [2.05, 4.69) is 11.4 Å². The van der Waals surface area contributed by atoms with Gasteiger partial charge in [-0.05, 0) is 36.5 Å². The molecule has 0 radical (unpaired) electrons. The average molecular weight is 173 g/mol. The molecule has 1 atom stereocenters. The van der Waals surface area contributed by atoms with Gasteiger partial charge in [-0.3, -0.25) is 4.79 Å². The average Bonchev–Trinajstić information content (AvgIpc) is 2.47. The minimum absolute atomic E-state index is 0.153. The van der Waals surface area contributed by atoms with Gasteiger partial charge in [-0.15, -0.1) is 0 Å². The molecule has 1 heterocycles. The number of carbonyl (C=O) groups is 1. The number of anilines is 1. The molecule has 1 aliphatic heterocycles. The molecule has 3 rings (SSSR count). The minimum Gasteiger partial charge on any atom is -0.325 e. The molecule has 2 heteroatoms. The van der Waals surface area contributed by atoms with E-state index in [0.29, 0.717) is 0 Å². The molecule has 0 unspecified atom stereocenters. The SMILES string of the molecule is O=C1Nc2cccc3c2[C@H]1CCC3. The first-order valence-corrected chi connectivity index (χ1v) is 4.79. The zero-order valence-corrected chi connectivity index (χ0v) is 7.34. The summed E-state index contributed by atoms with van der Waals surface area (Å²) in [5.74, 6) is 0.349. The van der Waals surface area contributed by atoms with Crippen LogP contribution in [0.4, 0.5) is 5.69 Å². The molecular formula is C11H11NO. The summed E-state index contributed by atoms with van der Waals surface area (Å²) in [6.07, 6.45) is 3.30. The Morgan fingerprint density at radius 1 is 1.38 bits per heavy atom. The van der Waals surface area contributed by atoms with Crippen molar-refractivity contribution in [1.82, 2.24) is 0 Å². The second-order valence-electron chi connectivity index (χ2n) is 3.81. The van der Waals surface area contributed by atoms with Gasteiger partial charge in [0.2, 0.25) is 5.91 Å². The van der Waals surface area contributed by atoms with E-state index in [1.165, 1.54) is 11.1 Å². The van der Waals surface area contributed by atoms with Crippen LogP contribution in [0.1, 0.15) is 29.9 Å². The normalized spacial score (nSPS) is 24.0. The van der Waals surface area contributed by atoms with Gasteiger partial charge in [-0.1, -0.05) is 12.1 Å². The number of aryl methyl sites for hydroxylation is 1. The van der Waals surface area contributed by atoms with Crippen LogP contribution in [0.25, 0.3) is 0 Å². The molecule has 0 fully saturated rings. The second kappa shape index (κ2) is 2.34. The minimum atomic E-state index is 0.153. The Kier molecular flexibility index (Phi) is 1.29. The number of nitrogens with one attached hydrogen (secondary N) is 1. The van der Waals surface area contributed by atoms with Crippen molar-refractivity contribution >= 4 is 11.6 Å².